The lowest BCUT2D eigenvalue weighted by Crippen LogP contribution is -2.20. The summed E-state index contributed by atoms with van der Waals surface area (Å²) in [6.45, 7) is 4.33. The Bertz CT molecular complexity index is 445. The van der Waals surface area contributed by atoms with E-state index in [0.29, 0.717) is 13.0 Å². The van der Waals surface area contributed by atoms with Crippen LogP contribution in [0.3, 0.4) is 0 Å². The van der Waals surface area contributed by atoms with Crippen molar-refractivity contribution in [2.75, 3.05) is 19.0 Å². The number of carbonyl (C=O) groups is 1. The fraction of sp³-hybridized carbons (Fsp3) is 0.500. The van der Waals surface area contributed by atoms with E-state index >= 15 is 0 Å². The Labute approximate surface area is 107 Å². The Balaban J connectivity index is 2.20. The van der Waals surface area contributed by atoms with Crippen molar-refractivity contribution in [3.8, 4) is 5.75 Å². The summed E-state index contributed by atoms with van der Waals surface area (Å²) in [5.74, 6) is 0.819. The minimum Gasteiger partial charge on any atom is -0.497 e. The smallest absolute Gasteiger partial charge is 0.306 e. The second-order valence-corrected chi connectivity index (χ2v) is 4.50. The van der Waals surface area contributed by atoms with Gasteiger partial charge in [-0.3, -0.25) is 4.79 Å². The fourth-order valence-corrected chi connectivity index (χ4v) is 2.41. The van der Waals surface area contributed by atoms with Gasteiger partial charge in [0.1, 0.15) is 5.75 Å². The summed E-state index contributed by atoms with van der Waals surface area (Å²) in [5.41, 5.74) is 2.22. The summed E-state index contributed by atoms with van der Waals surface area (Å²) in [5, 5.41) is 3.38. The summed E-state index contributed by atoms with van der Waals surface area (Å²) in [7, 11) is 1.65. The lowest BCUT2D eigenvalue weighted by Gasteiger charge is -2.15. The average Bonchev–Trinajstić information content (AvgIpc) is 2.65. The molecule has 0 amide bonds. The number of fused-ring (bicyclic) bond motifs is 1. The largest absolute Gasteiger partial charge is 0.497 e. The molecule has 0 saturated heterocycles. The molecule has 1 aliphatic heterocycles. The molecule has 0 bridgehead atoms. The van der Waals surface area contributed by atoms with E-state index in [2.05, 4.69) is 12.2 Å². The zero-order chi connectivity index (χ0) is 13.1. The quantitative estimate of drug-likeness (QED) is 0.833. The van der Waals surface area contributed by atoms with Gasteiger partial charge >= 0.3 is 5.97 Å². The third-order valence-electron chi connectivity index (χ3n) is 3.34. The summed E-state index contributed by atoms with van der Waals surface area (Å²) in [6, 6.07) is 6.15. The Morgan fingerprint density at radius 2 is 2.22 bits per heavy atom. The van der Waals surface area contributed by atoms with E-state index in [1.165, 1.54) is 0 Å². The Morgan fingerprint density at radius 3 is 2.89 bits per heavy atom. The van der Waals surface area contributed by atoms with Gasteiger partial charge in [-0.15, -0.1) is 0 Å². The molecule has 0 aliphatic carbocycles. The van der Waals surface area contributed by atoms with Gasteiger partial charge in [0.15, 0.2) is 0 Å². The first-order valence-corrected chi connectivity index (χ1v) is 6.25. The van der Waals surface area contributed by atoms with Gasteiger partial charge in [0.25, 0.3) is 0 Å². The molecule has 0 fully saturated rings. The summed E-state index contributed by atoms with van der Waals surface area (Å²) < 4.78 is 10.3. The van der Waals surface area contributed by atoms with Crippen LogP contribution in [0, 0.1) is 0 Å². The van der Waals surface area contributed by atoms with Gasteiger partial charge in [0, 0.05) is 17.6 Å². The molecule has 1 aromatic carbocycles. The second-order valence-electron chi connectivity index (χ2n) is 4.50. The molecule has 1 aromatic rings. The third-order valence-corrected chi connectivity index (χ3v) is 3.34. The highest BCUT2D eigenvalue weighted by atomic mass is 16.5. The first-order valence-electron chi connectivity index (χ1n) is 6.25. The van der Waals surface area contributed by atoms with E-state index in [1.807, 2.05) is 25.1 Å². The van der Waals surface area contributed by atoms with Gasteiger partial charge in [-0.25, -0.2) is 0 Å². The molecule has 2 rings (SSSR count). The maximum absolute atomic E-state index is 11.6. The Kier molecular flexibility index (Phi) is 3.75. The number of nitrogens with one attached hydrogen (secondary N) is 1. The third kappa shape index (κ3) is 2.42. The molecule has 0 unspecified atom stereocenters. The van der Waals surface area contributed by atoms with Crippen molar-refractivity contribution < 1.29 is 14.3 Å². The first-order chi connectivity index (χ1) is 8.65. The molecule has 98 valence electrons. The molecule has 2 atom stereocenters. The number of rotatable bonds is 4. The SMILES string of the molecule is CCOC(=O)C[C@@H]1c2cc(OC)ccc2N[C@H]1C. The standard InChI is InChI=1S/C14H19NO3/c1-4-18-14(16)8-11-9(2)15-13-6-5-10(17-3)7-12(11)13/h5-7,9,11,15H,4,8H2,1-3H3/t9-,11-/m0/s1. The molecule has 4 nitrogen and oxygen atoms in total. The molecule has 1 aliphatic rings. The lowest BCUT2D eigenvalue weighted by molar-refractivity contribution is -0.143. The fourth-order valence-electron chi connectivity index (χ4n) is 2.41. The number of anilines is 1. The number of ether oxygens (including phenoxy) is 2. The van der Waals surface area contributed by atoms with Crippen LogP contribution < -0.4 is 10.1 Å². The molecule has 0 saturated carbocycles. The highest BCUT2D eigenvalue weighted by Gasteiger charge is 2.31. The van der Waals surface area contributed by atoms with Crippen LogP contribution in [0.4, 0.5) is 5.69 Å². The zero-order valence-corrected chi connectivity index (χ0v) is 11.0. The molecule has 1 heterocycles. The zero-order valence-electron chi connectivity index (χ0n) is 11.0. The minimum absolute atomic E-state index is 0.146. The second kappa shape index (κ2) is 5.29. The molecular formula is C14H19NO3. The van der Waals surface area contributed by atoms with Crippen LogP contribution in [0.25, 0.3) is 0 Å². The average molecular weight is 249 g/mol. The van der Waals surface area contributed by atoms with Crippen molar-refractivity contribution in [3.63, 3.8) is 0 Å². The van der Waals surface area contributed by atoms with Crippen molar-refractivity contribution in [2.24, 2.45) is 0 Å². The molecule has 4 heteroatoms. The molecule has 1 N–H and O–H groups in total. The van der Waals surface area contributed by atoms with Gasteiger partial charge in [-0.05, 0) is 37.6 Å². The summed E-state index contributed by atoms with van der Waals surface area (Å²) in [6.07, 6.45) is 0.405. The van der Waals surface area contributed by atoms with Crippen LogP contribution in [-0.2, 0) is 9.53 Å². The van der Waals surface area contributed by atoms with E-state index in [-0.39, 0.29) is 17.9 Å². The topological polar surface area (TPSA) is 47.6 Å². The van der Waals surface area contributed by atoms with Crippen molar-refractivity contribution in [3.05, 3.63) is 23.8 Å². The molecule has 0 aromatic heterocycles. The van der Waals surface area contributed by atoms with Crippen LogP contribution in [0.15, 0.2) is 18.2 Å². The van der Waals surface area contributed by atoms with E-state index in [0.717, 1.165) is 17.0 Å². The monoisotopic (exact) mass is 249 g/mol. The van der Waals surface area contributed by atoms with Gasteiger partial charge in [-0.2, -0.15) is 0 Å². The number of esters is 1. The predicted molar refractivity (Wildman–Crippen MR) is 70.1 cm³/mol. The number of carbonyl (C=O) groups excluding carboxylic acids is 1. The number of benzene rings is 1. The summed E-state index contributed by atoms with van der Waals surface area (Å²) in [4.78, 5) is 11.6. The molecule has 0 radical (unpaired) electrons. The van der Waals surface area contributed by atoms with E-state index in [4.69, 9.17) is 9.47 Å². The number of methoxy groups -OCH3 is 1. The minimum atomic E-state index is -0.146. The maximum Gasteiger partial charge on any atom is 0.306 e. The normalized spacial score (nSPS) is 21.1. The highest BCUT2D eigenvalue weighted by molar-refractivity contribution is 5.73. The molecular weight excluding hydrogens is 230 g/mol. The van der Waals surface area contributed by atoms with Gasteiger partial charge in [0.05, 0.1) is 20.1 Å². The van der Waals surface area contributed by atoms with Gasteiger partial charge in [0.2, 0.25) is 0 Å². The van der Waals surface area contributed by atoms with Gasteiger partial charge < -0.3 is 14.8 Å². The predicted octanol–water partition coefficient (Wildman–Crippen LogP) is 2.55. The Hall–Kier alpha value is -1.71. The molecule has 18 heavy (non-hydrogen) atoms. The van der Waals surface area contributed by atoms with Crippen LogP contribution in [0.1, 0.15) is 31.7 Å². The lowest BCUT2D eigenvalue weighted by atomic mass is 9.92. The number of hydrogen-bond acceptors (Lipinski definition) is 4. The van der Waals surface area contributed by atoms with E-state index < -0.39 is 0 Å². The van der Waals surface area contributed by atoms with E-state index in [1.54, 1.807) is 7.11 Å². The maximum atomic E-state index is 11.6. The van der Waals surface area contributed by atoms with Crippen LogP contribution in [0.2, 0.25) is 0 Å². The van der Waals surface area contributed by atoms with Crippen molar-refractivity contribution >= 4 is 11.7 Å². The highest BCUT2D eigenvalue weighted by Crippen LogP contribution is 2.40. The van der Waals surface area contributed by atoms with Crippen molar-refractivity contribution in [1.29, 1.82) is 0 Å². The van der Waals surface area contributed by atoms with E-state index in [9.17, 15) is 4.79 Å². The number of hydrogen-bond donors (Lipinski definition) is 1. The van der Waals surface area contributed by atoms with Crippen molar-refractivity contribution in [2.45, 2.75) is 32.2 Å². The van der Waals surface area contributed by atoms with Gasteiger partial charge in [-0.1, -0.05) is 0 Å². The molecule has 0 spiro atoms. The first kappa shape index (κ1) is 12.7. The van der Waals surface area contributed by atoms with Crippen LogP contribution >= 0.6 is 0 Å². The summed E-state index contributed by atoms with van der Waals surface area (Å²) >= 11 is 0. The van der Waals surface area contributed by atoms with Crippen molar-refractivity contribution in [1.82, 2.24) is 0 Å². The van der Waals surface area contributed by atoms with Crippen LogP contribution in [-0.4, -0.2) is 25.7 Å². The Morgan fingerprint density at radius 1 is 1.44 bits per heavy atom. The van der Waals surface area contributed by atoms with Crippen LogP contribution in [0.5, 0.6) is 5.75 Å².